The maximum Gasteiger partial charge on any atom is 0.257 e. The van der Waals surface area contributed by atoms with Crippen LogP contribution in [-0.4, -0.2) is 29.0 Å². The molecule has 0 fully saturated rings. The summed E-state index contributed by atoms with van der Waals surface area (Å²) in [6.07, 6.45) is 3.26. The first-order valence-corrected chi connectivity index (χ1v) is 6.40. The molecule has 2 rings (SSSR count). The van der Waals surface area contributed by atoms with Gasteiger partial charge in [0, 0.05) is 36.7 Å². The topological polar surface area (TPSA) is 61.0 Å². The van der Waals surface area contributed by atoms with E-state index in [1.54, 1.807) is 12.4 Å². The van der Waals surface area contributed by atoms with Gasteiger partial charge in [0.25, 0.3) is 5.91 Å². The van der Waals surface area contributed by atoms with Crippen LogP contribution in [0.3, 0.4) is 0 Å². The number of anilines is 2. The van der Waals surface area contributed by atoms with Gasteiger partial charge in [0.2, 0.25) is 5.95 Å². The number of amides is 1. The standard InChI is InChI=1S/C14H18N4O/c1-3-18(4-2)12-7-5-11(6-8-12)13(19)17-14-15-9-10-16-14/h5-10H,3-4H2,1-2H3,(H2,15,16,17,19). The fourth-order valence-corrected chi connectivity index (χ4v) is 1.93. The van der Waals surface area contributed by atoms with Gasteiger partial charge in [-0.25, -0.2) is 4.98 Å². The largest absolute Gasteiger partial charge is 0.372 e. The van der Waals surface area contributed by atoms with Crippen molar-refractivity contribution in [3.8, 4) is 0 Å². The molecule has 0 unspecified atom stereocenters. The van der Waals surface area contributed by atoms with E-state index in [1.165, 1.54) is 0 Å². The zero-order chi connectivity index (χ0) is 13.7. The number of nitrogens with one attached hydrogen (secondary N) is 2. The van der Waals surface area contributed by atoms with E-state index in [0.29, 0.717) is 11.5 Å². The smallest absolute Gasteiger partial charge is 0.257 e. The van der Waals surface area contributed by atoms with Crippen LogP contribution >= 0.6 is 0 Å². The number of aromatic amines is 1. The van der Waals surface area contributed by atoms with Crippen molar-refractivity contribution in [3.05, 3.63) is 42.2 Å². The molecule has 5 nitrogen and oxygen atoms in total. The summed E-state index contributed by atoms with van der Waals surface area (Å²) in [7, 11) is 0. The van der Waals surface area contributed by atoms with Crippen LogP contribution in [0.25, 0.3) is 0 Å². The van der Waals surface area contributed by atoms with Gasteiger partial charge in [0.15, 0.2) is 0 Å². The molecule has 0 aliphatic carbocycles. The van der Waals surface area contributed by atoms with Gasteiger partial charge in [0.05, 0.1) is 0 Å². The van der Waals surface area contributed by atoms with Crippen molar-refractivity contribution in [2.45, 2.75) is 13.8 Å². The molecule has 1 aromatic carbocycles. The minimum absolute atomic E-state index is 0.166. The summed E-state index contributed by atoms with van der Waals surface area (Å²) in [5.41, 5.74) is 1.74. The van der Waals surface area contributed by atoms with Gasteiger partial charge in [-0.15, -0.1) is 0 Å². The SMILES string of the molecule is CCN(CC)c1ccc(C(=O)Nc2ncc[nH]2)cc1. The van der Waals surface area contributed by atoms with E-state index in [0.717, 1.165) is 18.8 Å². The number of hydrogen-bond acceptors (Lipinski definition) is 3. The zero-order valence-electron chi connectivity index (χ0n) is 11.2. The first-order valence-electron chi connectivity index (χ1n) is 6.40. The molecule has 2 aromatic rings. The molecule has 100 valence electrons. The lowest BCUT2D eigenvalue weighted by Gasteiger charge is -2.20. The van der Waals surface area contributed by atoms with Crippen molar-refractivity contribution >= 4 is 17.5 Å². The molecule has 0 atom stereocenters. The Kier molecular flexibility index (Phi) is 4.18. The number of rotatable bonds is 5. The number of imidazole rings is 1. The first kappa shape index (κ1) is 13.1. The van der Waals surface area contributed by atoms with Crippen LogP contribution in [0.4, 0.5) is 11.6 Å². The second-order valence-electron chi connectivity index (χ2n) is 4.11. The number of carbonyl (C=O) groups is 1. The Morgan fingerprint density at radius 3 is 2.47 bits per heavy atom. The molecular weight excluding hydrogens is 240 g/mol. The summed E-state index contributed by atoms with van der Waals surface area (Å²) < 4.78 is 0. The van der Waals surface area contributed by atoms with Crippen molar-refractivity contribution in [2.75, 3.05) is 23.3 Å². The Bertz CT molecular complexity index is 515. The first-order chi connectivity index (χ1) is 9.24. The van der Waals surface area contributed by atoms with Crippen molar-refractivity contribution in [1.29, 1.82) is 0 Å². The Balaban J connectivity index is 2.07. The predicted octanol–water partition coefficient (Wildman–Crippen LogP) is 2.51. The van der Waals surface area contributed by atoms with Crippen LogP contribution in [0, 0.1) is 0 Å². The van der Waals surface area contributed by atoms with Crippen LogP contribution in [-0.2, 0) is 0 Å². The molecule has 0 aliphatic heterocycles. The number of nitrogens with zero attached hydrogens (tertiary/aromatic N) is 2. The molecule has 1 heterocycles. The summed E-state index contributed by atoms with van der Waals surface area (Å²) in [6, 6.07) is 7.58. The summed E-state index contributed by atoms with van der Waals surface area (Å²) in [6.45, 7) is 6.13. The van der Waals surface area contributed by atoms with Crippen LogP contribution < -0.4 is 10.2 Å². The fourth-order valence-electron chi connectivity index (χ4n) is 1.93. The van der Waals surface area contributed by atoms with Gasteiger partial charge < -0.3 is 9.88 Å². The number of carbonyl (C=O) groups excluding carboxylic acids is 1. The second-order valence-corrected chi connectivity index (χ2v) is 4.11. The minimum Gasteiger partial charge on any atom is -0.372 e. The third kappa shape index (κ3) is 3.13. The lowest BCUT2D eigenvalue weighted by Crippen LogP contribution is -2.21. The third-order valence-electron chi connectivity index (χ3n) is 2.99. The second kappa shape index (κ2) is 6.04. The maximum absolute atomic E-state index is 11.9. The van der Waals surface area contributed by atoms with Crippen LogP contribution in [0.5, 0.6) is 0 Å². The molecule has 5 heteroatoms. The van der Waals surface area contributed by atoms with Gasteiger partial charge in [-0.3, -0.25) is 10.1 Å². The van der Waals surface area contributed by atoms with Gasteiger partial charge in [-0.1, -0.05) is 0 Å². The molecule has 19 heavy (non-hydrogen) atoms. The van der Waals surface area contributed by atoms with E-state index in [4.69, 9.17) is 0 Å². The highest BCUT2D eigenvalue weighted by Crippen LogP contribution is 2.15. The Labute approximate surface area is 112 Å². The number of benzene rings is 1. The van der Waals surface area contributed by atoms with Crippen LogP contribution in [0.1, 0.15) is 24.2 Å². The summed E-state index contributed by atoms with van der Waals surface area (Å²) in [4.78, 5) is 21.0. The van der Waals surface area contributed by atoms with E-state index in [2.05, 4.69) is 34.0 Å². The quantitative estimate of drug-likeness (QED) is 0.866. The van der Waals surface area contributed by atoms with Gasteiger partial charge in [-0.05, 0) is 38.1 Å². The monoisotopic (exact) mass is 258 g/mol. The summed E-state index contributed by atoms with van der Waals surface area (Å²) in [5, 5.41) is 2.70. The average molecular weight is 258 g/mol. The maximum atomic E-state index is 11.9. The van der Waals surface area contributed by atoms with Gasteiger partial charge in [-0.2, -0.15) is 0 Å². The molecule has 0 saturated heterocycles. The molecule has 2 N–H and O–H groups in total. The zero-order valence-corrected chi connectivity index (χ0v) is 11.2. The average Bonchev–Trinajstić information content (AvgIpc) is 2.94. The molecule has 1 amide bonds. The van der Waals surface area contributed by atoms with E-state index in [-0.39, 0.29) is 5.91 Å². The van der Waals surface area contributed by atoms with E-state index >= 15 is 0 Å². The Hall–Kier alpha value is -2.30. The van der Waals surface area contributed by atoms with Crippen molar-refractivity contribution < 1.29 is 4.79 Å². The van der Waals surface area contributed by atoms with Crippen molar-refractivity contribution in [3.63, 3.8) is 0 Å². The molecule has 0 spiro atoms. The van der Waals surface area contributed by atoms with E-state index < -0.39 is 0 Å². The van der Waals surface area contributed by atoms with Crippen molar-refractivity contribution in [1.82, 2.24) is 9.97 Å². The number of H-pyrrole nitrogens is 1. The summed E-state index contributed by atoms with van der Waals surface area (Å²) >= 11 is 0. The summed E-state index contributed by atoms with van der Waals surface area (Å²) in [5.74, 6) is 0.291. The van der Waals surface area contributed by atoms with E-state index in [1.807, 2.05) is 24.3 Å². The highest BCUT2D eigenvalue weighted by molar-refractivity contribution is 6.03. The lowest BCUT2D eigenvalue weighted by atomic mass is 10.2. The normalized spacial score (nSPS) is 10.2. The molecule has 0 aliphatic rings. The van der Waals surface area contributed by atoms with Crippen LogP contribution in [0.15, 0.2) is 36.7 Å². The molecule has 0 radical (unpaired) electrons. The minimum atomic E-state index is -0.166. The number of aromatic nitrogens is 2. The van der Waals surface area contributed by atoms with Gasteiger partial charge in [0.1, 0.15) is 0 Å². The molecule has 0 bridgehead atoms. The predicted molar refractivity (Wildman–Crippen MR) is 76.5 cm³/mol. The lowest BCUT2D eigenvalue weighted by molar-refractivity contribution is 0.102. The molecule has 1 aromatic heterocycles. The fraction of sp³-hybridized carbons (Fsp3) is 0.286. The van der Waals surface area contributed by atoms with Crippen LogP contribution in [0.2, 0.25) is 0 Å². The molecule has 0 saturated carbocycles. The van der Waals surface area contributed by atoms with Gasteiger partial charge >= 0.3 is 0 Å². The van der Waals surface area contributed by atoms with Crippen molar-refractivity contribution in [2.24, 2.45) is 0 Å². The third-order valence-corrected chi connectivity index (χ3v) is 2.99. The highest BCUT2D eigenvalue weighted by Gasteiger charge is 2.08. The van der Waals surface area contributed by atoms with E-state index in [9.17, 15) is 4.79 Å². The number of hydrogen-bond donors (Lipinski definition) is 2. The Morgan fingerprint density at radius 2 is 1.95 bits per heavy atom. The highest BCUT2D eigenvalue weighted by atomic mass is 16.1. The molecular formula is C14H18N4O. The Morgan fingerprint density at radius 1 is 1.26 bits per heavy atom.